The Morgan fingerprint density at radius 3 is 2.33 bits per heavy atom. The molecule has 0 aromatic heterocycles. The zero-order valence-corrected chi connectivity index (χ0v) is 11.4. The predicted molar refractivity (Wildman–Crippen MR) is 71.5 cm³/mol. The summed E-state index contributed by atoms with van der Waals surface area (Å²) in [6.07, 6.45) is 2.60. The molecule has 0 saturated heterocycles. The smallest absolute Gasteiger partial charge is 0.333 e. The van der Waals surface area contributed by atoms with E-state index in [9.17, 15) is 4.79 Å². The van der Waals surface area contributed by atoms with Gasteiger partial charge in [-0.25, -0.2) is 4.79 Å². The Hall–Kier alpha value is -1.77. The molecular formula is C15H20O3. The summed E-state index contributed by atoms with van der Waals surface area (Å²) < 4.78 is 10.0. The number of benzene rings is 1. The molecule has 3 nitrogen and oxygen atoms in total. The van der Waals surface area contributed by atoms with Crippen LogP contribution in [0, 0.1) is 0 Å². The minimum Gasteiger partial charge on any atom is -0.465 e. The molecule has 18 heavy (non-hydrogen) atoms. The summed E-state index contributed by atoms with van der Waals surface area (Å²) in [6.45, 7) is 8.60. The van der Waals surface area contributed by atoms with E-state index in [1.807, 2.05) is 24.3 Å². The van der Waals surface area contributed by atoms with Crippen LogP contribution in [0.4, 0.5) is 0 Å². The number of hydrogen-bond acceptors (Lipinski definition) is 3. The van der Waals surface area contributed by atoms with Crippen LogP contribution in [0.15, 0.2) is 36.6 Å². The normalized spacial score (nSPS) is 11.6. The largest absolute Gasteiger partial charge is 0.465 e. The van der Waals surface area contributed by atoms with Crippen molar-refractivity contribution in [3.63, 3.8) is 0 Å². The Morgan fingerprint density at radius 2 is 1.83 bits per heavy atom. The Labute approximate surface area is 108 Å². The fourth-order valence-electron chi connectivity index (χ4n) is 1.39. The van der Waals surface area contributed by atoms with Crippen LogP contribution in [0.3, 0.4) is 0 Å². The van der Waals surface area contributed by atoms with Crippen molar-refractivity contribution in [1.82, 2.24) is 0 Å². The third-order valence-corrected chi connectivity index (χ3v) is 2.42. The van der Waals surface area contributed by atoms with E-state index < -0.39 is 5.97 Å². The van der Waals surface area contributed by atoms with Gasteiger partial charge in [0.15, 0.2) is 0 Å². The zero-order valence-electron chi connectivity index (χ0n) is 11.4. The molecule has 0 heterocycles. The lowest BCUT2D eigenvalue weighted by Gasteiger charge is -2.18. The van der Waals surface area contributed by atoms with E-state index >= 15 is 0 Å². The van der Waals surface area contributed by atoms with Gasteiger partial charge < -0.3 is 9.47 Å². The molecule has 0 fully saturated rings. The highest BCUT2D eigenvalue weighted by Crippen LogP contribution is 2.24. The van der Waals surface area contributed by atoms with Crippen LogP contribution >= 0.6 is 0 Å². The van der Waals surface area contributed by atoms with Gasteiger partial charge in [-0.15, -0.1) is 0 Å². The molecule has 1 rings (SSSR count). The lowest BCUT2D eigenvalue weighted by Crippen LogP contribution is -2.10. The minimum absolute atomic E-state index is 0.124. The summed E-state index contributed by atoms with van der Waals surface area (Å²) in [5.41, 5.74) is 1.36. The van der Waals surface area contributed by atoms with Crippen molar-refractivity contribution in [2.45, 2.75) is 33.1 Å². The summed E-state index contributed by atoms with van der Waals surface area (Å²) in [5, 5.41) is 0. The third-order valence-electron chi connectivity index (χ3n) is 2.42. The van der Waals surface area contributed by atoms with E-state index in [-0.39, 0.29) is 5.41 Å². The van der Waals surface area contributed by atoms with E-state index in [1.54, 1.807) is 6.92 Å². The summed E-state index contributed by atoms with van der Waals surface area (Å²) >= 11 is 0. The standard InChI is InChI=1S/C15H20O3/c1-5-17-14(16)10-11-18-13-8-6-12(7-9-13)15(2,3)4/h6-11H,5H2,1-4H3/b11-10-. The first kappa shape index (κ1) is 14.3. The molecule has 0 N–H and O–H groups in total. The van der Waals surface area contributed by atoms with Crippen LogP contribution < -0.4 is 4.74 Å². The van der Waals surface area contributed by atoms with Gasteiger partial charge in [0.05, 0.1) is 18.9 Å². The Bertz CT molecular complexity index is 410. The fourth-order valence-corrected chi connectivity index (χ4v) is 1.39. The molecule has 1 aromatic rings. The second-order valence-electron chi connectivity index (χ2n) is 4.95. The van der Waals surface area contributed by atoms with Crippen molar-refractivity contribution >= 4 is 5.97 Å². The summed E-state index contributed by atoms with van der Waals surface area (Å²) in [5.74, 6) is 0.298. The van der Waals surface area contributed by atoms with E-state index in [4.69, 9.17) is 9.47 Å². The average molecular weight is 248 g/mol. The quantitative estimate of drug-likeness (QED) is 0.465. The fraction of sp³-hybridized carbons (Fsp3) is 0.400. The number of carbonyl (C=O) groups excluding carboxylic acids is 1. The Balaban J connectivity index is 2.57. The van der Waals surface area contributed by atoms with Gasteiger partial charge in [-0.2, -0.15) is 0 Å². The van der Waals surface area contributed by atoms with Crippen LogP contribution in [-0.2, 0) is 14.9 Å². The molecule has 0 radical (unpaired) electrons. The predicted octanol–water partition coefficient (Wildman–Crippen LogP) is 3.44. The molecule has 0 spiro atoms. The molecule has 0 atom stereocenters. The van der Waals surface area contributed by atoms with E-state index in [0.717, 1.165) is 0 Å². The minimum atomic E-state index is -0.399. The molecule has 0 aliphatic carbocycles. The third kappa shape index (κ3) is 4.62. The topological polar surface area (TPSA) is 35.5 Å². The number of carbonyl (C=O) groups is 1. The maximum Gasteiger partial charge on any atom is 0.333 e. The van der Waals surface area contributed by atoms with Crippen LogP contribution in [-0.4, -0.2) is 12.6 Å². The number of hydrogen-bond donors (Lipinski definition) is 0. The second-order valence-corrected chi connectivity index (χ2v) is 4.95. The van der Waals surface area contributed by atoms with Crippen molar-refractivity contribution in [3.8, 4) is 5.75 Å². The van der Waals surface area contributed by atoms with Gasteiger partial charge in [0.1, 0.15) is 5.75 Å². The van der Waals surface area contributed by atoms with Crippen LogP contribution in [0.25, 0.3) is 0 Å². The van der Waals surface area contributed by atoms with Crippen molar-refractivity contribution in [2.24, 2.45) is 0 Å². The summed E-state index contributed by atoms with van der Waals surface area (Å²) in [6, 6.07) is 7.81. The highest BCUT2D eigenvalue weighted by atomic mass is 16.5. The zero-order chi connectivity index (χ0) is 13.6. The Morgan fingerprint density at radius 1 is 1.22 bits per heavy atom. The highest BCUT2D eigenvalue weighted by molar-refractivity contribution is 5.81. The molecule has 98 valence electrons. The van der Waals surface area contributed by atoms with Crippen LogP contribution in [0.1, 0.15) is 33.3 Å². The monoisotopic (exact) mass is 248 g/mol. The number of ether oxygens (including phenoxy) is 2. The van der Waals surface area contributed by atoms with Crippen LogP contribution in [0.5, 0.6) is 5.75 Å². The van der Waals surface area contributed by atoms with Crippen molar-refractivity contribution in [3.05, 3.63) is 42.2 Å². The first-order valence-electron chi connectivity index (χ1n) is 6.04. The van der Waals surface area contributed by atoms with E-state index in [0.29, 0.717) is 12.4 Å². The van der Waals surface area contributed by atoms with Crippen molar-refractivity contribution in [1.29, 1.82) is 0 Å². The molecule has 0 aliphatic heterocycles. The van der Waals surface area contributed by atoms with Gasteiger partial charge in [-0.3, -0.25) is 0 Å². The number of rotatable bonds is 4. The maximum absolute atomic E-state index is 11.0. The van der Waals surface area contributed by atoms with Gasteiger partial charge in [-0.05, 0) is 30.0 Å². The van der Waals surface area contributed by atoms with Crippen molar-refractivity contribution < 1.29 is 14.3 Å². The summed E-state index contributed by atoms with van der Waals surface area (Å²) in [4.78, 5) is 11.0. The van der Waals surface area contributed by atoms with Gasteiger partial charge >= 0.3 is 5.97 Å². The SMILES string of the molecule is CCOC(=O)/C=C\Oc1ccc(C(C)(C)C)cc1. The van der Waals surface area contributed by atoms with Gasteiger partial charge in [0, 0.05) is 0 Å². The molecular weight excluding hydrogens is 228 g/mol. The first-order valence-corrected chi connectivity index (χ1v) is 6.04. The molecule has 0 amide bonds. The van der Waals surface area contributed by atoms with Crippen LogP contribution in [0.2, 0.25) is 0 Å². The summed E-state index contributed by atoms with van der Waals surface area (Å²) in [7, 11) is 0. The van der Waals surface area contributed by atoms with Gasteiger partial charge in [-0.1, -0.05) is 32.9 Å². The maximum atomic E-state index is 11.0. The van der Waals surface area contributed by atoms with Crippen molar-refractivity contribution in [2.75, 3.05) is 6.61 Å². The first-order chi connectivity index (χ1) is 8.43. The molecule has 0 bridgehead atoms. The molecule has 0 unspecified atom stereocenters. The van der Waals surface area contributed by atoms with E-state index in [1.165, 1.54) is 17.9 Å². The van der Waals surface area contributed by atoms with Gasteiger partial charge in [0.25, 0.3) is 0 Å². The highest BCUT2D eigenvalue weighted by Gasteiger charge is 2.12. The average Bonchev–Trinajstić information content (AvgIpc) is 2.29. The molecule has 0 aliphatic rings. The van der Waals surface area contributed by atoms with Gasteiger partial charge in [0.2, 0.25) is 0 Å². The molecule has 0 saturated carbocycles. The molecule has 3 heteroatoms. The number of esters is 1. The van der Waals surface area contributed by atoms with E-state index in [2.05, 4.69) is 20.8 Å². The Kier molecular flexibility index (Phi) is 4.95. The second kappa shape index (κ2) is 6.24. The molecule has 1 aromatic carbocycles. The lowest BCUT2D eigenvalue weighted by atomic mass is 9.87. The lowest BCUT2D eigenvalue weighted by molar-refractivity contribution is -0.137.